The fourth-order valence-electron chi connectivity index (χ4n) is 1.29. The second-order valence-electron chi connectivity index (χ2n) is 4.78. The number of hydrogen-bond acceptors (Lipinski definition) is 3. The average Bonchev–Trinajstić information content (AvgIpc) is 2.25. The first kappa shape index (κ1) is 14.0. The Labute approximate surface area is 107 Å². The van der Waals surface area contributed by atoms with Crippen molar-refractivity contribution < 1.29 is 14.3 Å². The summed E-state index contributed by atoms with van der Waals surface area (Å²) in [7, 11) is 0. The van der Waals surface area contributed by atoms with E-state index in [2.05, 4.69) is 11.9 Å². The summed E-state index contributed by atoms with van der Waals surface area (Å²) in [6.07, 6.45) is 0.678. The summed E-state index contributed by atoms with van der Waals surface area (Å²) in [6.45, 7) is 8.76. The SMILES string of the molecule is C=CC(=O)c1cccc(NC(=O)OC(C)(C)C)c1. The van der Waals surface area contributed by atoms with Crippen LogP contribution in [0.3, 0.4) is 0 Å². The maximum atomic E-state index is 11.5. The van der Waals surface area contributed by atoms with Gasteiger partial charge in [0.05, 0.1) is 0 Å². The molecule has 18 heavy (non-hydrogen) atoms. The lowest BCUT2D eigenvalue weighted by Gasteiger charge is -2.19. The van der Waals surface area contributed by atoms with E-state index in [-0.39, 0.29) is 5.78 Å². The van der Waals surface area contributed by atoms with Crippen LogP contribution in [-0.4, -0.2) is 17.5 Å². The molecule has 0 fully saturated rings. The first-order valence-electron chi connectivity index (χ1n) is 5.58. The van der Waals surface area contributed by atoms with Crippen molar-refractivity contribution in [3.8, 4) is 0 Å². The highest BCUT2D eigenvalue weighted by molar-refractivity contribution is 6.05. The lowest BCUT2D eigenvalue weighted by molar-refractivity contribution is 0.0635. The summed E-state index contributed by atoms with van der Waals surface area (Å²) in [5, 5.41) is 2.57. The van der Waals surface area contributed by atoms with E-state index in [0.717, 1.165) is 0 Å². The van der Waals surface area contributed by atoms with Gasteiger partial charge in [-0.2, -0.15) is 0 Å². The Bertz CT molecular complexity index is 472. The van der Waals surface area contributed by atoms with Crippen LogP contribution < -0.4 is 5.32 Å². The molecule has 0 bridgehead atoms. The molecule has 0 aliphatic heterocycles. The normalized spacial score (nSPS) is 10.6. The molecular formula is C14H17NO3. The Balaban J connectivity index is 2.77. The number of allylic oxidation sites excluding steroid dienone is 1. The van der Waals surface area contributed by atoms with E-state index in [1.54, 1.807) is 45.0 Å². The van der Waals surface area contributed by atoms with Crippen molar-refractivity contribution in [2.45, 2.75) is 26.4 Å². The van der Waals surface area contributed by atoms with Crippen LogP contribution in [-0.2, 0) is 4.74 Å². The number of carbonyl (C=O) groups is 2. The van der Waals surface area contributed by atoms with Gasteiger partial charge in [0, 0.05) is 11.3 Å². The van der Waals surface area contributed by atoms with Crippen molar-refractivity contribution in [3.05, 3.63) is 42.5 Å². The fourth-order valence-corrected chi connectivity index (χ4v) is 1.29. The van der Waals surface area contributed by atoms with E-state index in [1.807, 2.05) is 0 Å². The molecule has 1 N–H and O–H groups in total. The molecule has 0 aromatic heterocycles. The van der Waals surface area contributed by atoms with E-state index >= 15 is 0 Å². The first-order chi connectivity index (χ1) is 8.31. The van der Waals surface area contributed by atoms with Gasteiger partial charge in [0.15, 0.2) is 5.78 Å². The molecule has 0 saturated carbocycles. The molecule has 96 valence electrons. The van der Waals surface area contributed by atoms with Crippen LogP contribution in [0.2, 0.25) is 0 Å². The fraction of sp³-hybridized carbons (Fsp3) is 0.286. The quantitative estimate of drug-likeness (QED) is 0.657. The third-order valence-corrected chi connectivity index (χ3v) is 1.98. The summed E-state index contributed by atoms with van der Waals surface area (Å²) in [5.74, 6) is -0.192. The summed E-state index contributed by atoms with van der Waals surface area (Å²) in [4.78, 5) is 23.0. The molecule has 0 spiro atoms. The van der Waals surface area contributed by atoms with E-state index in [0.29, 0.717) is 11.3 Å². The number of rotatable bonds is 3. The molecule has 0 heterocycles. The van der Waals surface area contributed by atoms with Gasteiger partial charge < -0.3 is 4.74 Å². The number of hydrogen-bond donors (Lipinski definition) is 1. The first-order valence-corrected chi connectivity index (χ1v) is 5.58. The zero-order valence-electron chi connectivity index (χ0n) is 10.8. The van der Waals surface area contributed by atoms with Crippen molar-refractivity contribution in [1.82, 2.24) is 0 Å². The van der Waals surface area contributed by atoms with Gasteiger partial charge in [-0.3, -0.25) is 10.1 Å². The topological polar surface area (TPSA) is 55.4 Å². The number of amides is 1. The monoisotopic (exact) mass is 247 g/mol. The average molecular weight is 247 g/mol. The van der Waals surface area contributed by atoms with E-state index in [4.69, 9.17) is 4.74 Å². The maximum absolute atomic E-state index is 11.5. The van der Waals surface area contributed by atoms with E-state index < -0.39 is 11.7 Å². The number of ether oxygens (including phenoxy) is 1. The van der Waals surface area contributed by atoms with Crippen molar-refractivity contribution >= 4 is 17.6 Å². The molecule has 1 rings (SSSR count). The van der Waals surface area contributed by atoms with Gasteiger partial charge in [-0.15, -0.1) is 0 Å². The Morgan fingerprint density at radius 2 is 2.00 bits per heavy atom. The van der Waals surface area contributed by atoms with Gasteiger partial charge in [-0.25, -0.2) is 4.79 Å². The predicted octanol–water partition coefficient (Wildman–Crippen LogP) is 3.40. The summed E-state index contributed by atoms with van der Waals surface area (Å²) in [5.41, 5.74) is 0.425. The Morgan fingerprint density at radius 3 is 2.56 bits per heavy atom. The largest absolute Gasteiger partial charge is 0.444 e. The Kier molecular flexibility index (Phi) is 4.26. The molecule has 0 atom stereocenters. The van der Waals surface area contributed by atoms with Gasteiger partial charge >= 0.3 is 6.09 Å². The number of anilines is 1. The zero-order valence-corrected chi connectivity index (χ0v) is 10.8. The Morgan fingerprint density at radius 1 is 1.33 bits per heavy atom. The van der Waals surface area contributed by atoms with Crippen LogP contribution in [0.4, 0.5) is 10.5 Å². The molecule has 0 saturated heterocycles. The van der Waals surface area contributed by atoms with Crippen molar-refractivity contribution in [2.24, 2.45) is 0 Å². The van der Waals surface area contributed by atoms with Crippen LogP contribution >= 0.6 is 0 Å². The predicted molar refractivity (Wildman–Crippen MR) is 70.8 cm³/mol. The minimum absolute atomic E-state index is 0.192. The third kappa shape index (κ3) is 4.41. The molecule has 1 aromatic rings. The van der Waals surface area contributed by atoms with Crippen LogP contribution in [0.1, 0.15) is 31.1 Å². The molecule has 0 aliphatic rings. The maximum Gasteiger partial charge on any atom is 0.412 e. The summed E-state index contributed by atoms with van der Waals surface area (Å²) in [6, 6.07) is 6.60. The molecule has 0 radical (unpaired) electrons. The smallest absolute Gasteiger partial charge is 0.412 e. The second kappa shape index (κ2) is 5.49. The van der Waals surface area contributed by atoms with Gasteiger partial charge in [0.2, 0.25) is 0 Å². The molecule has 1 amide bonds. The lowest BCUT2D eigenvalue weighted by Crippen LogP contribution is -2.27. The molecule has 4 heteroatoms. The van der Waals surface area contributed by atoms with Gasteiger partial charge in [0.1, 0.15) is 5.60 Å². The van der Waals surface area contributed by atoms with Gasteiger partial charge in [0.25, 0.3) is 0 Å². The van der Waals surface area contributed by atoms with Crippen LogP contribution in [0.5, 0.6) is 0 Å². The number of benzene rings is 1. The molecule has 4 nitrogen and oxygen atoms in total. The van der Waals surface area contributed by atoms with Crippen molar-refractivity contribution in [3.63, 3.8) is 0 Å². The number of carbonyl (C=O) groups excluding carboxylic acids is 2. The van der Waals surface area contributed by atoms with Crippen LogP contribution in [0.25, 0.3) is 0 Å². The highest BCUT2D eigenvalue weighted by atomic mass is 16.6. The van der Waals surface area contributed by atoms with Crippen LogP contribution in [0, 0.1) is 0 Å². The molecular weight excluding hydrogens is 230 g/mol. The van der Waals surface area contributed by atoms with Crippen molar-refractivity contribution in [1.29, 1.82) is 0 Å². The highest BCUT2D eigenvalue weighted by Crippen LogP contribution is 2.14. The second-order valence-corrected chi connectivity index (χ2v) is 4.78. The van der Waals surface area contributed by atoms with Crippen LogP contribution in [0.15, 0.2) is 36.9 Å². The summed E-state index contributed by atoms with van der Waals surface area (Å²) >= 11 is 0. The third-order valence-electron chi connectivity index (χ3n) is 1.98. The Hall–Kier alpha value is -2.10. The minimum Gasteiger partial charge on any atom is -0.444 e. The number of ketones is 1. The molecule has 0 aliphatic carbocycles. The minimum atomic E-state index is -0.557. The zero-order chi connectivity index (χ0) is 13.8. The van der Waals surface area contributed by atoms with Gasteiger partial charge in [-0.05, 0) is 39.0 Å². The number of nitrogens with one attached hydrogen (secondary N) is 1. The van der Waals surface area contributed by atoms with E-state index in [9.17, 15) is 9.59 Å². The lowest BCUT2D eigenvalue weighted by atomic mass is 10.1. The summed E-state index contributed by atoms with van der Waals surface area (Å²) < 4.78 is 5.11. The highest BCUT2D eigenvalue weighted by Gasteiger charge is 2.16. The standard InChI is InChI=1S/C14H17NO3/c1-5-12(16)10-7-6-8-11(9-10)15-13(17)18-14(2,3)4/h5-9H,1H2,2-4H3,(H,15,17). The van der Waals surface area contributed by atoms with Crippen molar-refractivity contribution in [2.75, 3.05) is 5.32 Å². The van der Waals surface area contributed by atoms with Gasteiger partial charge in [-0.1, -0.05) is 18.7 Å². The molecule has 0 unspecified atom stereocenters. The van der Waals surface area contributed by atoms with E-state index in [1.165, 1.54) is 6.08 Å². The molecule has 1 aromatic carbocycles.